The first-order valence-electron chi connectivity index (χ1n) is 14.2. The summed E-state index contributed by atoms with van der Waals surface area (Å²) in [6.07, 6.45) is 18.9. The highest BCUT2D eigenvalue weighted by Gasteiger charge is 2.57. The molecule has 3 fully saturated rings. The Bertz CT molecular complexity index is 826. The molecule has 0 aromatic rings. The second-order valence-corrected chi connectivity index (χ2v) is 18.3. The molecular formula is C31H52OSi. The van der Waals surface area contributed by atoms with Crippen LogP contribution in [0.1, 0.15) is 92.9 Å². The van der Waals surface area contributed by atoms with E-state index < -0.39 is 8.32 Å². The summed E-state index contributed by atoms with van der Waals surface area (Å²) in [5.74, 6) is 3.79. The minimum atomic E-state index is -1.48. The van der Waals surface area contributed by atoms with Gasteiger partial charge in [0.05, 0.1) is 0 Å². The Balaban J connectivity index is 1.57. The predicted octanol–water partition coefficient (Wildman–Crippen LogP) is 9.33. The molecule has 0 saturated heterocycles. The molecule has 0 amide bonds. The fraction of sp³-hybridized carbons (Fsp3) is 0.806. The third kappa shape index (κ3) is 4.65. The van der Waals surface area contributed by atoms with Gasteiger partial charge in [-0.3, -0.25) is 0 Å². The molecule has 0 aromatic carbocycles. The first-order chi connectivity index (χ1) is 15.4. The van der Waals surface area contributed by atoms with E-state index >= 15 is 0 Å². The molecule has 0 aromatic heterocycles. The number of hydrogen-bond donors (Lipinski definition) is 0. The monoisotopic (exact) mass is 468 g/mol. The van der Waals surface area contributed by atoms with Crippen LogP contribution in [0.5, 0.6) is 0 Å². The average Bonchev–Trinajstić information content (AvgIpc) is 3.08. The Morgan fingerprint density at radius 3 is 2.39 bits per heavy atom. The standard InChI is InChI=1S/C31H52OSi/c1-10-23(21(2)3)19-22(4)27-13-14-28-26-12-11-24-20-25(32-33(7,8)9)15-17-30(24,5)29(26)16-18-31(27,28)6/h11-12,19,21-22,25,27-29H,10,13-18,20H2,1-9H3/b23-19+. The summed E-state index contributed by atoms with van der Waals surface area (Å²) in [5, 5.41) is 0. The zero-order chi connectivity index (χ0) is 24.2. The van der Waals surface area contributed by atoms with Crippen molar-refractivity contribution in [2.24, 2.45) is 40.4 Å². The van der Waals surface area contributed by atoms with Gasteiger partial charge in [0.25, 0.3) is 0 Å². The molecule has 0 aliphatic heterocycles. The van der Waals surface area contributed by atoms with Gasteiger partial charge < -0.3 is 4.43 Å². The third-order valence-corrected chi connectivity index (χ3v) is 11.4. The summed E-state index contributed by atoms with van der Waals surface area (Å²) < 4.78 is 6.56. The highest BCUT2D eigenvalue weighted by molar-refractivity contribution is 6.69. The third-order valence-electron chi connectivity index (χ3n) is 10.4. The maximum Gasteiger partial charge on any atom is 0.184 e. The van der Waals surface area contributed by atoms with Crippen molar-refractivity contribution in [3.8, 4) is 0 Å². The minimum Gasteiger partial charge on any atom is -0.414 e. The first kappa shape index (κ1) is 25.5. The summed E-state index contributed by atoms with van der Waals surface area (Å²) in [6.45, 7) is 21.9. The van der Waals surface area contributed by atoms with Gasteiger partial charge >= 0.3 is 0 Å². The molecule has 0 radical (unpaired) electrons. The fourth-order valence-corrected chi connectivity index (χ4v) is 9.85. The van der Waals surface area contributed by atoms with Crippen LogP contribution in [-0.2, 0) is 4.43 Å². The number of fused-ring (bicyclic) bond motifs is 5. The quantitative estimate of drug-likeness (QED) is 0.279. The van der Waals surface area contributed by atoms with Crippen LogP contribution < -0.4 is 0 Å². The van der Waals surface area contributed by atoms with Crippen molar-refractivity contribution in [2.75, 3.05) is 0 Å². The van der Waals surface area contributed by atoms with Crippen LogP contribution in [0, 0.1) is 40.4 Å². The molecule has 3 saturated carbocycles. The maximum absolute atomic E-state index is 6.56. The fourth-order valence-electron chi connectivity index (χ4n) is 8.65. The van der Waals surface area contributed by atoms with Crippen LogP contribution >= 0.6 is 0 Å². The van der Waals surface area contributed by atoms with Gasteiger partial charge in [0.1, 0.15) is 0 Å². The summed E-state index contributed by atoms with van der Waals surface area (Å²) in [6, 6.07) is 0. The van der Waals surface area contributed by atoms with Gasteiger partial charge in [0.2, 0.25) is 0 Å². The van der Waals surface area contributed by atoms with E-state index in [9.17, 15) is 0 Å². The van der Waals surface area contributed by atoms with Crippen LogP contribution in [0.2, 0.25) is 19.6 Å². The summed E-state index contributed by atoms with van der Waals surface area (Å²) in [5.41, 5.74) is 6.05. The lowest BCUT2D eigenvalue weighted by Gasteiger charge is -2.55. The number of hydrogen-bond acceptors (Lipinski definition) is 1. The molecule has 0 N–H and O–H groups in total. The molecule has 186 valence electrons. The Morgan fingerprint density at radius 1 is 1.03 bits per heavy atom. The van der Waals surface area contributed by atoms with Crippen molar-refractivity contribution in [2.45, 2.75) is 119 Å². The topological polar surface area (TPSA) is 9.23 Å². The normalized spacial score (nSPS) is 40.0. The molecule has 7 atom stereocenters. The zero-order valence-corrected chi connectivity index (χ0v) is 24.3. The van der Waals surface area contributed by atoms with E-state index in [1.165, 1.54) is 51.4 Å². The molecule has 2 heteroatoms. The molecule has 4 aliphatic carbocycles. The molecular weight excluding hydrogens is 416 g/mol. The van der Waals surface area contributed by atoms with Crippen molar-refractivity contribution in [3.63, 3.8) is 0 Å². The Morgan fingerprint density at radius 2 is 1.76 bits per heavy atom. The van der Waals surface area contributed by atoms with E-state index in [1.54, 1.807) is 11.1 Å². The van der Waals surface area contributed by atoms with Crippen LogP contribution in [0.4, 0.5) is 0 Å². The molecule has 33 heavy (non-hydrogen) atoms. The van der Waals surface area contributed by atoms with Crippen molar-refractivity contribution < 1.29 is 4.43 Å². The van der Waals surface area contributed by atoms with E-state index in [0.717, 1.165) is 17.8 Å². The van der Waals surface area contributed by atoms with E-state index in [1.807, 2.05) is 5.57 Å². The lowest BCUT2D eigenvalue weighted by molar-refractivity contribution is 0.0416. The highest BCUT2D eigenvalue weighted by atomic mass is 28.4. The number of rotatable bonds is 6. The summed E-state index contributed by atoms with van der Waals surface area (Å²) in [7, 11) is -1.48. The molecule has 4 rings (SSSR count). The maximum atomic E-state index is 6.56. The molecule has 7 unspecified atom stereocenters. The van der Waals surface area contributed by atoms with E-state index in [2.05, 4.69) is 79.4 Å². The predicted molar refractivity (Wildman–Crippen MR) is 146 cm³/mol. The lowest BCUT2D eigenvalue weighted by atomic mass is 9.50. The second-order valence-electron chi connectivity index (χ2n) is 13.8. The van der Waals surface area contributed by atoms with E-state index in [4.69, 9.17) is 4.43 Å². The van der Waals surface area contributed by atoms with Gasteiger partial charge in [0.15, 0.2) is 8.32 Å². The van der Waals surface area contributed by atoms with Gasteiger partial charge in [-0.25, -0.2) is 0 Å². The van der Waals surface area contributed by atoms with Crippen molar-refractivity contribution in [1.29, 1.82) is 0 Å². The van der Waals surface area contributed by atoms with Gasteiger partial charge in [-0.2, -0.15) is 0 Å². The lowest BCUT2D eigenvalue weighted by Crippen LogP contribution is -2.47. The van der Waals surface area contributed by atoms with Gasteiger partial charge in [0, 0.05) is 6.10 Å². The van der Waals surface area contributed by atoms with Gasteiger partial charge in [-0.15, -0.1) is 0 Å². The Labute approximate surface area is 206 Å². The van der Waals surface area contributed by atoms with E-state index in [0.29, 0.717) is 28.8 Å². The van der Waals surface area contributed by atoms with Crippen LogP contribution in [0.25, 0.3) is 0 Å². The van der Waals surface area contributed by atoms with Crippen LogP contribution in [0.3, 0.4) is 0 Å². The second kappa shape index (κ2) is 9.12. The van der Waals surface area contributed by atoms with Gasteiger partial charge in [-0.05, 0) is 111 Å². The SMILES string of the molecule is CC/C(=C\C(C)C1CCC2C3=CC=C4CC(O[Si](C)(C)C)CCC4(C)C3CCC21C)C(C)C. The van der Waals surface area contributed by atoms with Gasteiger partial charge in [-0.1, -0.05) is 76.5 Å². The van der Waals surface area contributed by atoms with Crippen LogP contribution in [-0.4, -0.2) is 14.4 Å². The van der Waals surface area contributed by atoms with Crippen LogP contribution in [0.15, 0.2) is 34.9 Å². The summed E-state index contributed by atoms with van der Waals surface area (Å²) >= 11 is 0. The van der Waals surface area contributed by atoms with Crippen molar-refractivity contribution in [3.05, 3.63) is 34.9 Å². The first-order valence-corrected chi connectivity index (χ1v) is 17.6. The average molecular weight is 469 g/mol. The smallest absolute Gasteiger partial charge is 0.184 e. The van der Waals surface area contributed by atoms with Crippen molar-refractivity contribution in [1.82, 2.24) is 0 Å². The number of allylic oxidation sites excluding steroid dienone is 5. The minimum absolute atomic E-state index is 0.376. The largest absolute Gasteiger partial charge is 0.414 e. The molecule has 4 aliphatic rings. The highest BCUT2D eigenvalue weighted by Crippen LogP contribution is 2.66. The summed E-state index contributed by atoms with van der Waals surface area (Å²) in [4.78, 5) is 0. The van der Waals surface area contributed by atoms with Crippen molar-refractivity contribution >= 4 is 8.32 Å². The Kier molecular flexibility index (Phi) is 7.04. The molecule has 0 heterocycles. The Hall–Kier alpha value is -0.603. The zero-order valence-electron chi connectivity index (χ0n) is 23.3. The molecule has 0 spiro atoms. The molecule has 0 bridgehead atoms. The molecule has 1 nitrogen and oxygen atoms in total. The van der Waals surface area contributed by atoms with E-state index in [-0.39, 0.29) is 0 Å².